The molecule has 8 heteroatoms. The molecule has 2 bridgehead atoms. The molecule has 2 fully saturated rings. The minimum absolute atomic E-state index is 0.0181. The van der Waals surface area contributed by atoms with Gasteiger partial charge in [-0.15, -0.1) is 0 Å². The Morgan fingerprint density at radius 3 is 2.41 bits per heavy atom. The predicted molar refractivity (Wildman–Crippen MR) is 123 cm³/mol. The highest BCUT2D eigenvalue weighted by Gasteiger charge is 2.77. The Morgan fingerprint density at radius 2 is 1.82 bits per heavy atom. The van der Waals surface area contributed by atoms with Crippen molar-refractivity contribution in [2.24, 2.45) is 17.3 Å². The maximum atomic E-state index is 13.4. The van der Waals surface area contributed by atoms with Crippen LogP contribution in [0.5, 0.6) is 5.75 Å². The Morgan fingerprint density at radius 1 is 1.12 bits per heavy atom. The van der Waals surface area contributed by atoms with E-state index in [2.05, 4.69) is 13.8 Å². The fourth-order valence-electron chi connectivity index (χ4n) is 6.06. The van der Waals surface area contributed by atoms with Crippen LogP contribution in [0, 0.1) is 17.3 Å². The van der Waals surface area contributed by atoms with Crippen LogP contribution in [0.3, 0.4) is 0 Å². The highest BCUT2D eigenvalue weighted by molar-refractivity contribution is 5.78. The first-order valence-corrected chi connectivity index (χ1v) is 11.7. The molecule has 1 aromatic rings. The quantitative estimate of drug-likeness (QED) is 0.348. The number of ether oxygens (including phenoxy) is 6. The molecule has 8 nitrogen and oxygen atoms in total. The molecular weight excluding hydrogens is 440 g/mol. The summed E-state index contributed by atoms with van der Waals surface area (Å²) in [5.41, 5.74) is 0.216. The molecule has 34 heavy (non-hydrogen) atoms. The second-order valence-electron chi connectivity index (χ2n) is 10.1. The summed E-state index contributed by atoms with van der Waals surface area (Å²) in [5.74, 6) is -0.347. The van der Waals surface area contributed by atoms with Crippen molar-refractivity contribution < 1.29 is 38.3 Å². The highest BCUT2D eigenvalue weighted by atomic mass is 16.7. The second kappa shape index (κ2) is 9.59. The van der Waals surface area contributed by atoms with Gasteiger partial charge in [-0.1, -0.05) is 32.1 Å². The van der Waals surface area contributed by atoms with E-state index in [1.807, 2.05) is 37.3 Å². The van der Waals surface area contributed by atoms with Gasteiger partial charge >= 0.3 is 5.97 Å². The van der Waals surface area contributed by atoms with Crippen LogP contribution >= 0.6 is 0 Å². The Hall–Kier alpha value is -1.97. The zero-order valence-electron chi connectivity index (χ0n) is 20.8. The van der Waals surface area contributed by atoms with Crippen LogP contribution in [0.1, 0.15) is 32.8 Å². The van der Waals surface area contributed by atoms with Crippen LogP contribution in [0.2, 0.25) is 0 Å². The molecule has 1 saturated heterocycles. The molecule has 3 aliphatic rings. The van der Waals surface area contributed by atoms with Gasteiger partial charge < -0.3 is 33.5 Å². The van der Waals surface area contributed by atoms with Gasteiger partial charge in [0.25, 0.3) is 0 Å². The average Bonchev–Trinajstić information content (AvgIpc) is 3.07. The van der Waals surface area contributed by atoms with Crippen molar-refractivity contribution in [1.82, 2.24) is 0 Å². The lowest BCUT2D eigenvalue weighted by Crippen LogP contribution is -2.70. The summed E-state index contributed by atoms with van der Waals surface area (Å²) in [5, 5.41) is 11.5. The van der Waals surface area contributed by atoms with Crippen LogP contribution in [0.25, 0.3) is 0 Å². The zero-order chi connectivity index (χ0) is 24.7. The molecule has 0 radical (unpaired) electrons. The first-order valence-electron chi connectivity index (χ1n) is 11.7. The largest absolute Gasteiger partial charge is 0.497 e. The number of carbonyl (C=O) groups is 1. The molecular formula is C26H36O8. The lowest BCUT2D eigenvalue weighted by atomic mass is 9.47. The third-order valence-electron chi connectivity index (χ3n) is 7.83. The minimum Gasteiger partial charge on any atom is -0.497 e. The summed E-state index contributed by atoms with van der Waals surface area (Å²) in [7, 11) is 4.72. The van der Waals surface area contributed by atoms with Crippen LogP contribution in [-0.4, -0.2) is 69.2 Å². The van der Waals surface area contributed by atoms with Crippen molar-refractivity contribution in [1.29, 1.82) is 0 Å². The summed E-state index contributed by atoms with van der Waals surface area (Å²) >= 11 is 0. The van der Waals surface area contributed by atoms with Crippen LogP contribution < -0.4 is 4.74 Å². The monoisotopic (exact) mass is 476 g/mol. The fraction of sp³-hybridized carbons (Fsp3) is 0.654. The molecule has 1 N–H and O–H groups in total. The van der Waals surface area contributed by atoms with Crippen molar-refractivity contribution in [3.63, 3.8) is 0 Å². The molecule has 1 saturated carbocycles. The minimum atomic E-state index is -0.995. The van der Waals surface area contributed by atoms with Crippen LogP contribution in [-0.2, 0) is 35.1 Å². The maximum Gasteiger partial charge on any atom is 0.312 e. The van der Waals surface area contributed by atoms with E-state index >= 15 is 0 Å². The van der Waals surface area contributed by atoms with Gasteiger partial charge in [0.1, 0.15) is 42.6 Å². The first kappa shape index (κ1) is 25.1. The van der Waals surface area contributed by atoms with Crippen molar-refractivity contribution in [2.75, 3.05) is 28.1 Å². The van der Waals surface area contributed by atoms with E-state index in [4.69, 9.17) is 28.4 Å². The Kier molecular flexibility index (Phi) is 7.09. The summed E-state index contributed by atoms with van der Waals surface area (Å²) in [6.45, 7) is 6.23. The molecule has 0 aromatic heterocycles. The van der Waals surface area contributed by atoms with Crippen molar-refractivity contribution >= 4 is 5.97 Å². The van der Waals surface area contributed by atoms with Gasteiger partial charge in [-0.05, 0) is 36.6 Å². The summed E-state index contributed by atoms with van der Waals surface area (Å²) in [4.78, 5) is 13.4. The summed E-state index contributed by atoms with van der Waals surface area (Å²) in [6, 6.07) is 7.57. The molecule has 0 amide bonds. The number of aliphatic hydroxyl groups is 1. The molecule has 0 spiro atoms. The van der Waals surface area contributed by atoms with E-state index < -0.39 is 41.3 Å². The molecule has 188 valence electrons. The number of methoxy groups -OCH3 is 3. The highest BCUT2D eigenvalue weighted by Crippen LogP contribution is 2.66. The molecule has 4 rings (SSSR count). The first-order chi connectivity index (χ1) is 16.2. The SMILES string of the molecule is COCO[C@@H]1[C@H]2C(=O)O[C@]3([C@@H]2CC3(C)C)[C@@H](OCc2ccc(OC)cc2)[C@H](O)/C(C)=C/[C@H]1OC. The number of esters is 1. The maximum absolute atomic E-state index is 13.4. The van der Waals surface area contributed by atoms with Crippen LogP contribution in [0.15, 0.2) is 35.9 Å². The zero-order valence-corrected chi connectivity index (χ0v) is 20.8. The van der Waals surface area contributed by atoms with Gasteiger partial charge in [-0.25, -0.2) is 0 Å². The van der Waals surface area contributed by atoms with Gasteiger partial charge in [0, 0.05) is 25.6 Å². The molecule has 1 aliphatic heterocycles. The fourth-order valence-corrected chi connectivity index (χ4v) is 6.06. The van der Waals surface area contributed by atoms with E-state index in [0.29, 0.717) is 5.57 Å². The molecule has 1 aromatic carbocycles. The Balaban J connectivity index is 1.73. The third-order valence-corrected chi connectivity index (χ3v) is 7.83. The van der Waals surface area contributed by atoms with Crippen molar-refractivity contribution in [3.05, 3.63) is 41.5 Å². The van der Waals surface area contributed by atoms with E-state index in [-0.39, 0.29) is 25.3 Å². The molecule has 1 heterocycles. The smallest absolute Gasteiger partial charge is 0.312 e. The number of hydrogen-bond donors (Lipinski definition) is 1. The molecule has 2 aliphatic carbocycles. The standard InChI is InChI=1S/C26H36O8/c1-15-11-19(31-6)22(33-14-29-4)20-18-12-25(2,3)26(18,34-24(20)28)23(21(15)27)32-13-16-7-9-17(30-5)10-8-16/h7-11,18-23,27H,12-14H2,1-6H3/b15-11+/t18-,19-,20+,21-,22+,23+,26-/m1/s1. The van der Waals surface area contributed by atoms with E-state index in [1.165, 1.54) is 7.11 Å². The predicted octanol–water partition coefficient (Wildman–Crippen LogP) is 2.86. The Labute approximate surface area is 201 Å². The third kappa shape index (κ3) is 3.95. The summed E-state index contributed by atoms with van der Waals surface area (Å²) in [6.07, 6.45) is -0.352. The lowest BCUT2D eigenvalue weighted by molar-refractivity contribution is -0.268. The lowest BCUT2D eigenvalue weighted by Gasteiger charge is -2.60. The molecule has 7 atom stereocenters. The van der Waals surface area contributed by atoms with Crippen LogP contribution in [0.4, 0.5) is 0 Å². The second-order valence-corrected chi connectivity index (χ2v) is 10.1. The average molecular weight is 477 g/mol. The van der Waals surface area contributed by atoms with E-state index in [9.17, 15) is 9.90 Å². The van der Waals surface area contributed by atoms with Crippen molar-refractivity contribution in [2.45, 2.75) is 63.8 Å². The van der Waals surface area contributed by atoms with Gasteiger partial charge in [0.05, 0.1) is 19.6 Å². The van der Waals surface area contributed by atoms with E-state index in [1.54, 1.807) is 14.2 Å². The number of hydrogen-bond acceptors (Lipinski definition) is 8. The van der Waals surface area contributed by atoms with Gasteiger partial charge in [0.2, 0.25) is 0 Å². The van der Waals surface area contributed by atoms with E-state index in [0.717, 1.165) is 17.7 Å². The summed E-state index contributed by atoms with van der Waals surface area (Å²) < 4.78 is 34.7. The number of rotatable bonds is 8. The number of carbonyl (C=O) groups excluding carboxylic acids is 1. The van der Waals surface area contributed by atoms with Gasteiger partial charge in [-0.3, -0.25) is 4.79 Å². The number of aliphatic hydroxyl groups excluding tert-OH is 1. The molecule has 0 unspecified atom stereocenters. The van der Waals surface area contributed by atoms with Gasteiger partial charge in [-0.2, -0.15) is 0 Å². The number of benzene rings is 1. The van der Waals surface area contributed by atoms with Crippen molar-refractivity contribution in [3.8, 4) is 5.75 Å². The topological polar surface area (TPSA) is 92.7 Å². The van der Waals surface area contributed by atoms with Gasteiger partial charge in [0.15, 0.2) is 0 Å². The Bertz CT molecular complexity index is 910. The normalized spacial score (nSPS) is 37.9.